The van der Waals surface area contributed by atoms with Crippen molar-refractivity contribution in [2.24, 2.45) is 0 Å². The van der Waals surface area contributed by atoms with E-state index in [1.807, 2.05) is 49.4 Å². The van der Waals surface area contributed by atoms with Gasteiger partial charge in [0.05, 0.1) is 13.2 Å². The molecule has 0 N–H and O–H groups in total. The summed E-state index contributed by atoms with van der Waals surface area (Å²) in [5.74, 6) is 0.521. The van der Waals surface area contributed by atoms with Gasteiger partial charge < -0.3 is 19.1 Å². The number of carbonyl (C=O) groups is 2. The molecule has 2 aromatic rings. The highest BCUT2D eigenvalue weighted by atomic mass is 16.5. The Morgan fingerprint density at radius 1 is 1.07 bits per heavy atom. The van der Waals surface area contributed by atoms with Crippen LogP contribution in [0, 0.1) is 6.92 Å². The molecule has 0 aromatic heterocycles. The quantitative estimate of drug-likeness (QED) is 0.554. The van der Waals surface area contributed by atoms with Gasteiger partial charge in [-0.25, -0.2) is 4.79 Å². The first kappa shape index (κ1) is 20.5. The molecule has 1 aliphatic rings. The van der Waals surface area contributed by atoms with E-state index < -0.39 is 5.97 Å². The number of nitrogens with zero attached hydrogens (tertiary/aromatic N) is 1. The smallest absolute Gasteiger partial charge is 0.331 e. The molecule has 0 atom stereocenters. The molecule has 6 heteroatoms. The van der Waals surface area contributed by atoms with E-state index in [9.17, 15) is 9.59 Å². The van der Waals surface area contributed by atoms with Crippen LogP contribution in [0.2, 0.25) is 0 Å². The Hall–Kier alpha value is -3.28. The van der Waals surface area contributed by atoms with E-state index in [1.54, 1.807) is 13.1 Å². The summed E-state index contributed by atoms with van der Waals surface area (Å²) >= 11 is 0. The number of esters is 1. The molecule has 1 heterocycles. The second kappa shape index (κ2) is 9.78. The maximum Gasteiger partial charge on any atom is 0.331 e. The van der Waals surface area contributed by atoms with E-state index >= 15 is 0 Å². The maximum atomic E-state index is 12.2. The Morgan fingerprint density at radius 3 is 2.55 bits per heavy atom. The number of aryl methyl sites for hydroxylation is 1. The first-order valence-corrected chi connectivity index (χ1v) is 9.55. The average Bonchev–Trinajstić information content (AvgIpc) is 2.97. The lowest BCUT2D eigenvalue weighted by Crippen LogP contribution is -2.30. The topological polar surface area (TPSA) is 65.1 Å². The van der Waals surface area contributed by atoms with Crippen LogP contribution in [-0.2, 0) is 20.9 Å². The molecule has 0 saturated carbocycles. The monoisotopic (exact) mass is 395 g/mol. The Kier molecular flexibility index (Phi) is 6.89. The number of ether oxygens (including phenoxy) is 3. The fraction of sp³-hybridized carbons (Fsp3) is 0.304. The minimum Gasteiger partial charge on any atom is -0.490 e. The molecule has 29 heavy (non-hydrogen) atoms. The molecule has 0 bridgehead atoms. The predicted octanol–water partition coefficient (Wildman–Crippen LogP) is 3.37. The number of carbonyl (C=O) groups excluding carboxylic acids is 2. The first-order valence-electron chi connectivity index (χ1n) is 9.55. The number of benzene rings is 2. The summed E-state index contributed by atoms with van der Waals surface area (Å²) in [6, 6.07) is 13.4. The molecule has 1 amide bonds. The highest BCUT2D eigenvalue weighted by Gasteiger charge is 2.12. The summed E-state index contributed by atoms with van der Waals surface area (Å²) in [5.41, 5.74) is 2.97. The Balaban J connectivity index is 1.48. The van der Waals surface area contributed by atoms with Gasteiger partial charge in [-0.15, -0.1) is 0 Å². The van der Waals surface area contributed by atoms with Crippen LogP contribution < -0.4 is 9.47 Å². The summed E-state index contributed by atoms with van der Waals surface area (Å²) in [5, 5.41) is 0. The molecule has 152 valence electrons. The fourth-order valence-electron chi connectivity index (χ4n) is 2.79. The van der Waals surface area contributed by atoms with Gasteiger partial charge >= 0.3 is 5.97 Å². The molecule has 0 saturated heterocycles. The Bertz CT molecular complexity index is 889. The van der Waals surface area contributed by atoms with Gasteiger partial charge in [0.1, 0.15) is 0 Å². The molecule has 0 radical (unpaired) electrons. The van der Waals surface area contributed by atoms with Crippen LogP contribution in [-0.4, -0.2) is 43.6 Å². The molecule has 0 aliphatic carbocycles. The van der Waals surface area contributed by atoms with E-state index in [1.165, 1.54) is 11.0 Å². The molecule has 0 fully saturated rings. The number of rotatable bonds is 6. The molecule has 3 rings (SSSR count). The highest BCUT2D eigenvalue weighted by Crippen LogP contribution is 2.30. The third kappa shape index (κ3) is 6.10. The second-order valence-corrected chi connectivity index (χ2v) is 6.93. The van der Waals surface area contributed by atoms with Gasteiger partial charge in [-0.2, -0.15) is 0 Å². The van der Waals surface area contributed by atoms with Crippen molar-refractivity contribution >= 4 is 18.0 Å². The molecule has 0 spiro atoms. The van der Waals surface area contributed by atoms with E-state index in [-0.39, 0.29) is 12.5 Å². The summed E-state index contributed by atoms with van der Waals surface area (Å²) in [4.78, 5) is 25.7. The van der Waals surface area contributed by atoms with Crippen LogP contribution in [0.1, 0.15) is 23.1 Å². The van der Waals surface area contributed by atoms with E-state index in [2.05, 4.69) is 0 Å². The summed E-state index contributed by atoms with van der Waals surface area (Å²) in [6.07, 6.45) is 3.75. The zero-order valence-electron chi connectivity index (χ0n) is 16.7. The van der Waals surface area contributed by atoms with Crippen molar-refractivity contribution in [2.45, 2.75) is 19.9 Å². The Morgan fingerprint density at radius 2 is 1.79 bits per heavy atom. The number of amides is 1. The highest BCUT2D eigenvalue weighted by molar-refractivity contribution is 5.89. The largest absolute Gasteiger partial charge is 0.490 e. The van der Waals surface area contributed by atoms with Crippen molar-refractivity contribution in [2.75, 3.05) is 26.9 Å². The van der Waals surface area contributed by atoms with Crippen molar-refractivity contribution in [1.29, 1.82) is 0 Å². The van der Waals surface area contributed by atoms with E-state index in [0.29, 0.717) is 31.3 Å². The van der Waals surface area contributed by atoms with Gasteiger partial charge in [0.25, 0.3) is 5.91 Å². The third-order valence-corrected chi connectivity index (χ3v) is 4.49. The number of hydrogen-bond acceptors (Lipinski definition) is 5. The Labute approximate surface area is 170 Å². The van der Waals surface area contributed by atoms with Gasteiger partial charge in [0, 0.05) is 26.1 Å². The minimum absolute atomic E-state index is 0.261. The van der Waals surface area contributed by atoms with Crippen molar-refractivity contribution < 1.29 is 23.8 Å². The fourth-order valence-corrected chi connectivity index (χ4v) is 2.79. The normalized spacial score (nSPS) is 13.0. The average molecular weight is 395 g/mol. The van der Waals surface area contributed by atoms with Gasteiger partial charge in [-0.05, 0) is 36.3 Å². The minimum atomic E-state index is -0.575. The SMILES string of the molecule is Cc1ccc(CN(C)C(=O)COC(=O)/C=C/c2ccc3c(c2)OCCCO3)cc1. The first-order chi connectivity index (χ1) is 14.0. The molecule has 1 aliphatic heterocycles. The standard InChI is InChI=1S/C23H25NO5/c1-17-4-6-19(7-5-17)15-24(2)22(25)16-29-23(26)11-9-18-8-10-20-21(14-18)28-13-3-12-27-20/h4-11,14H,3,12-13,15-16H2,1-2H3/b11-9+. The second-order valence-electron chi connectivity index (χ2n) is 6.93. The third-order valence-electron chi connectivity index (χ3n) is 4.49. The van der Waals surface area contributed by atoms with E-state index in [0.717, 1.165) is 23.1 Å². The van der Waals surface area contributed by atoms with Crippen LogP contribution in [0.4, 0.5) is 0 Å². The summed E-state index contributed by atoms with van der Waals surface area (Å²) in [6.45, 7) is 3.40. The number of likely N-dealkylation sites (N-methyl/N-ethyl adjacent to an activating group) is 1. The molecule has 2 aromatic carbocycles. The summed E-state index contributed by atoms with van der Waals surface area (Å²) in [7, 11) is 1.68. The van der Waals surface area contributed by atoms with Crippen LogP contribution in [0.25, 0.3) is 6.08 Å². The van der Waals surface area contributed by atoms with Gasteiger partial charge in [-0.1, -0.05) is 35.9 Å². The van der Waals surface area contributed by atoms with Crippen LogP contribution in [0.3, 0.4) is 0 Å². The summed E-state index contributed by atoms with van der Waals surface area (Å²) < 4.78 is 16.3. The van der Waals surface area contributed by atoms with Crippen LogP contribution in [0.15, 0.2) is 48.5 Å². The lowest BCUT2D eigenvalue weighted by Gasteiger charge is -2.17. The lowest BCUT2D eigenvalue weighted by atomic mass is 10.1. The number of fused-ring (bicyclic) bond motifs is 1. The lowest BCUT2D eigenvalue weighted by molar-refractivity contribution is -0.147. The van der Waals surface area contributed by atoms with E-state index in [4.69, 9.17) is 14.2 Å². The molecule has 0 unspecified atom stereocenters. The van der Waals surface area contributed by atoms with Crippen molar-refractivity contribution in [3.8, 4) is 11.5 Å². The van der Waals surface area contributed by atoms with Crippen molar-refractivity contribution in [3.05, 3.63) is 65.2 Å². The van der Waals surface area contributed by atoms with Crippen molar-refractivity contribution in [1.82, 2.24) is 4.90 Å². The molecular weight excluding hydrogens is 370 g/mol. The van der Waals surface area contributed by atoms with Crippen LogP contribution in [0.5, 0.6) is 11.5 Å². The maximum absolute atomic E-state index is 12.2. The van der Waals surface area contributed by atoms with Gasteiger partial charge in [0.2, 0.25) is 0 Å². The zero-order valence-corrected chi connectivity index (χ0v) is 16.7. The molecular formula is C23H25NO5. The molecule has 6 nitrogen and oxygen atoms in total. The van der Waals surface area contributed by atoms with Gasteiger partial charge in [0.15, 0.2) is 18.1 Å². The zero-order chi connectivity index (χ0) is 20.6. The predicted molar refractivity (Wildman–Crippen MR) is 110 cm³/mol. The number of hydrogen-bond donors (Lipinski definition) is 0. The van der Waals surface area contributed by atoms with Crippen LogP contribution >= 0.6 is 0 Å². The van der Waals surface area contributed by atoms with Crippen molar-refractivity contribution in [3.63, 3.8) is 0 Å². The van der Waals surface area contributed by atoms with Gasteiger partial charge in [-0.3, -0.25) is 4.79 Å².